The van der Waals surface area contributed by atoms with Crippen molar-refractivity contribution in [2.45, 2.75) is 6.42 Å². The topological polar surface area (TPSA) is 55.8 Å². The third kappa shape index (κ3) is 3.88. The summed E-state index contributed by atoms with van der Waals surface area (Å²) < 4.78 is 11.0. The number of anilines is 1. The summed E-state index contributed by atoms with van der Waals surface area (Å²) in [5.74, 6) is 0.323. The number of hydrogen-bond donors (Lipinski definition) is 0. The standard InChI is InChI=1S/C23H19NO4/c25-22-16-27-21-13-7-5-11-19(21)24(22)15-23(26)28-20-12-6-4-10-18(20)14-17-8-2-1-3-9-17/h1-13H,14-16H2. The summed E-state index contributed by atoms with van der Waals surface area (Å²) in [4.78, 5) is 26.2. The SMILES string of the molecule is O=C(CN1C(=O)COc2ccccc21)Oc1ccccc1Cc1ccccc1. The van der Waals surface area contributed by atoms with E-state index >= 15 is 0 Å². The van der Waals surface area contributed by atoms with Crippen LogP contribution in [0.25, 0.3) is 0 Å². The van der Waals surface area contributed by atoms with Crippen LogP contribution in [0.5, 0.6) is 11.5 Å². The quantitative estimate of drug-likeness (QED) is 0.506. The average molecular weight is 373 g/mol. The van der Waals surface area contributed by atoms with Gasteiger partial charge in [-0.2, -0.15) is 0 Å². The van der Waals surface area contributed by atoms with Gasteiger partial charge in [0.1, 0.15) is 18.0 Å². The van der Waals surface area contributed by atoms with Gasteiger partial charge < -0.3 is 9.47 Å². The molecule has 0 bridgehead atoms. The highest BCUT2D eigenvalue weighted by molar-refractivity contribution is 6.01. The monoisotopic (exact) mass is 373 g/mol. The van der Waals surface area contributed by atoms with E-state index in [9.17, 15) is 9.59 Å². The molecule has 5 nitrogen and oxygen atoms in total. The minimum absolute atomic E-state index is 0.0884. The Hall–Kier alpha value is -3.60. The highest BCUT2D eigenvalue weighted by atomic mass is 16.5. The summed E-state index contributed by atoms with van der Waals surface area (Å²) in [7, 11) is 0. The maximum atomic E-state index is 12.6. The summed E-state index contributed by atoms with van der Waals surface area (Å²) >= 11 is 0. The van der Waals surface area contributed by atoms with Gasteiger partial charge in [-0.1, -0.05) is 60.7 Å². The van der Waals surface area contributed by atoms with Gasteiger partial charge in [-0.3, -0.25) is 9.69 Å². The average Bonchev–Trinajstić information content (AvgIpc) is 2.72. The van der Waals surface area contributed by atoms with Crippen molar-refractivity contribution in [2.75, 3.05) is 18.1 Å². The van der Waals surface area contributed by atoms with Crippen molar-refractivity contribution in [2.24, 2.45) is 0 Å². The van der Waals surface area contributed by atoms with Crippen molar-refractivity contribution in [3.8, 4) is 11.5 Å². The molecule has 0 saturated heterocycles. The van der Waals surface area contributed by atoms with Crippen LogP contribution in [0.15, 0.2) is 78.9 Å². The fourth-order valence-corrected chi connectivity index (χ4v) is 3.18. The normalized spacial score (nSPS) is 12.9. The van der Waals surface area contributed by atoms with Gasteiger partial charge in [0.05, 0.1) is 5.69 Å². The Labute approximate surface area is 163 Å². The van der Waals surface area contributed by atoms with E-state index in [2.05, 4.69) is 0 Å². The van der Waals surface area contributed by atoms with Crippen molar-refractivity contribution in [1.82, 2.24) is 0 Å². The number of amides is 1. The number of carbonyl (C=O) groups excluding carboxylic acids is 2. The van der Waals surface area contributed by atoms with Crippen LogP contribution in [0.3, 0.4) is 0 Å². The molecule has 3 aromatic rings. The van der Waals surface area contributed by atoms with Crippen LogP contribution in [0.2, 0.25) is 0 Å². The number of benzene rings is 3. The third-order valence-corrected chi connectivity index (χ3v) is 4.53. The Balaban J connectivity index is 1.50. The van der Waals surface area contributed by atoms with E-state index in [1.807, 2.05) is 54.6 Å². The van der Waals surface area contributed by atoms with Crippen LogP contribution < -0.4 is 14.4 Å². The summed E-state index contributed by atoms with van der Waals surface area (Å²) in [5.41, 5.74) is 2.62. The predicted octanol–water partition coefficient (Wildman–Crippen LogP) is 3.61. The highest BCUT2D eigenvalue weighted by Gasteiger charge is 2.27. The number of nitrogens with zero attached hydrogens (tertiary/aromatic N) is 1. The second-order valence-corrected chi connectivity index (χ2v) is 6.48. The molecule has 1 amide bonds. The Bertz CT molecular complexity index is 1000. The van der Waals surface area contributed by atoms with E-state index in [4.69, 9.17) is 9.47 Å². The second kappa shape index (κ2) is 7.96. The molecule has 140 valence electrons. The van der Waals surface area contributed by atoms with Gasteiger partial charge in [-0.05, 0) is 29.3 Å². The van der Waals surface area contributed by atoms with Crippen LogP contribution in [0.1, 0.15) is 11.1 Å². The molecule has 0 atom stereocenters. The maximum absolute atomic E-state index is 12.6. The molecule has 0 saturated carbocycles. The van der Waals surface area contributed by atoms with E-state index in [1.54, 1.807) is 24.3 Å². The zero-order chi connectivity index (χ0) is 19.3. The van der Waals surface area contributed by atoms with Crippen LogP contribution >= 0.6 is 0 Å². The molecule has 1 heterocycles. The molecule has 0 aliphatic carbocycles. The number of para-hydroxylation sites is 3. The molecule has 4 rings (SSSR count). The van der Waals surface area contributed by atoms with Gasteiger partial charge in [0.2, 0.25) is 0 Å². The molecule has 5 heteroatoms. The predicted molar refractivity (Wildman–Crippen MR) is 106 cm³/mol. The second-order valence-electron chi connectivity index (χ2n) is 6.48. The van der Waals surface area contributed by atoms with Crippen molar-refractivity contribution in [3.05, 3.63) is 90.0 Å². The van der Waals surface area contributed by atoms with Crippen molar-refractivity contribution in [1.29, 1.82) is 0 Å². The number of hydrogen-bond acceptors (Lipinski definition) is 4. The number of esters is 1. The minimum Gasteiger partial charge on any atom is -0.482 e. The maximum Gasteiger partial charge on any atom is 0.331 e. The lowest BCUT2D eigenvalue weighted by atomic mass is 10.0. The molecule has 0 aromatic heterocycles. The molecule has 0 N–H and O–H groups in total. The lowest BCUT2D eigenvalue weighted by Crippen LogP contribution is -2.43. The molecule has 1 aliphatic rings. The van der Waals surface area contributed by atoms with Crippen LogP contribution in [-0.2, 0) is 16.0 Å². The third-order valence-electron chi connectivity index (χ3n) is 4.53. The molecular formula is C23H19NO4. The van der Waals surface area contributed by atoms with Gasteiger partial charge in [0.15, 0.2) is 6.61 Å². The summed E-state index contributed by atoms with van der Waals surface area (Å²) in [6, 6.07) is 24.6. The molecule has 0 unspecified atom stereocenters. The molecular weight excluding hydrogens is 354 g/mol. The van der Waals surface area contributed by atoms with Crippen LogP contribution in [-0.4, -0.2) is 25.0 Å². The van der Waals surface area contributed by atoms with Gasteiger partial charge in [0, 0.05) is 6.42 Å². The molecule has 0 radical (unpaired) electrons. The van der Waals surface area contributed by atoms with Crippen molar-refractivity contribution in [3.63, 3.8) is 0 Å². The van der Waals surface area contributed by atoms with Crippen LogP contribution in [0.4, 0.5) is 5.69 Å². The first-order chi connectivity index (χ1) is 13.7. The largest absolute Gasteiger partial charge is 0.482 e. The lowest BCUT2D eigenvalue weighted by Gasteiger charge is -2.28. The Kier molecular flexibility index (Phi) is 5.06. The van der Waals surface area contributed by atoms with Gasteiger partial charge in [-0.25, -0.2) is 4.79 Å². The number of fused-ring (bicyclic) bond motifs is 1. The first-order valence-corrected chi connectivity index (χ1v) is 9.05. The fraction of sp³-hybridized carbons (Fsp3) is 0.130. The summed E-state index contributed by atoms with van der Waals surface area (Å²) in [6.45, 7) is -0.256. The van der Waals surface area contributed by atoms with Crippen molar-refractivity contribution < 1.29 is 19.1 Å². The zero-order valence-electron chi connectivity index (χ0n) is 15.2. The van der Waals surface area contributed by atoms with E-state index in [-0.39, 0.29) is 19.1 Å². The van der Waals surface area contributed by atoms with Gasteiger partial charge in [0.25, 0.3) is 5.91 Å². The van der Waals surface area contributed by atoms with E-state index < -0.39 is 5.97 Å². The highest BCUT2D eigenvalue weighted by Crippen LogP contribution is 2.31. The smallest absolute Gasteiger partial charge is 0.331 e. The number of rotatable bonds is 5. The molecule has 1 aliphatic heterocycles. The zero-order valence-corrected chi connectivity index (χ0v) is 15.2. The first kappa shape index (κ1) is 17.8. The van der Waals surface area contributed by atoms with Gasteiger partial charge in [-0.15, -0.1) is 0 Å². The Morgan fingerprint density at radius 3 is 2.50 bits per heavy atom. The summed E-state index contributed by atoms with van der Waals surface area (Å²) in [5, 5.41) is 0. The molecule has 0 fully saturated rings. The summed E-state index contributed by atoms with van der Waals surface area (Å²) in [6.07, 6.45) is 0.656. The van der Waals surface area contributed by atoms with E-state index in [1.165, 1.54) is 4.90 Å². The molecule has 28 heavy (non-hydrogen) atoms. The lowest BCUT2D eigenvalue weighted by molar-refractivity contribution is -0.134. The van der Waals surface area contributed by atoms with E-state index in [0.717, 1.165) is 11.1 Å². The van der Waals surface area contributed by atoms with Crippen LogP contribution in [0, 0.1) is 0 Å². The van der Waals surface area contributed by atoms with E-state index in [0.29, 0.717) is 23.6 Å². The number of carbonyl (C=O) groups is 2. The number of ether oxygens (including phenoxy) is 2. The van der Waals surface area contributed by atoms with Gasteiger partial charge >= 0.3 is 5.97 Å². The van der Waals surface area contributed by atoms with Crippen molar-refractivity contribution >= 4 is 17.6 Å². The Morgan fingerprint density at radius 2 is 1.64 bits per heavy atom. The fourth-order valence-electron chi connectivity index (χ4n) is 3.18. The molecule has 0 spiro atoms. The minimum atomic E-state index is -0.495. The molecule has 3 aromatic carbocycles. The first-order valence-electron chi connectivity index (χ1n) is 9.05. The Morgan fingerprint density at radius 1 is 0.929 bits per heavy atom.